The van der Waals surface area contributed by atoms with Crippen LogP contribution in [0.15, 0.2) is 0 Å². The van der Waals surface area contributed by atoms with Crippen molar-refractivity contribution in [3.63, 3.8) is 0 Å². The number of hydrogen-bond donors (Lipinski definition) is 4. The SMILES string of the molecule is I.NCCO.O=C(O)CS. The van der Waals surface area contributed by atoms with Crippen LogP contribution in [-0.2, 0) is 4.79 Å². The molecule has 0 unspecified atom stereocenters. The number of thiol groups is 1. The molecule has 0 saturated heterocycles. The molecule has 6 heteroatoms. The van der Waals surface area contributed by atoms with Crippen LogP contribution in [0.5, 0.6) is 0 Å². The van der Waals surface area contributed by atoms with Crippen LogP contribution in [0.1, 0.15) is 0 Å². The zero-order valence-corrected chi connectivity index (χ0v) is 8.58. The first-order valence-corrected chi connectivity index (χ1v) is 2.95. The largest absolute Gasteiger partial charge is 0.481 e. The van der Waals surface area contributed by atoms with Gasteiger partial charge in [-0.1, -0.05) is 0 Å². The number of hydrogen-bond acceptors (Lipinski definition) is 4. The molecular formula is C4H12INO3S. The Hall–Kier alpha value is 0.470. The Balaban J connectivity index is -0.0000000910. The van der Waals surface area contributed by atoms with Crippen molar-refractivity contribution in [2.45, 2.75) is 0 Å². The van der Waals surface area contributed by atoms with Crippen LogP contribution in [0.2, 0.25) is 0 Å². The molecule has 4 N–H and O–H groups in total. The average molecular weight is 281 g/mol. The van der Waals surface area contributed by atoms with Crippen LogP contribution in [0.25, 0.3) is 0 Å². The standard InChI is InChI=1S/C2H7NO.C2H4O2S.HI/c3-1-2-4;3-2(4)1-5;/h4H,1-3H2;5H,1H2,(H,3,4);1H. The summed E-state index contributed by atoms with van der Waals surface area (Å²) in [5, 5.41) is 15.4. The van der Waals surface area contributed by atoms with Crippen molar-refractivity contribution in [3.8, 4) is 0 Å². The molecule has 4 nitrogen and oxygen atoms in total. The van der Waals surface area contributed by atoms with Crippen molar-refractivity contribution in [1.29, 1.82) is 0 Å². The molecule has 0 saturated carbocycles. The van der Waals surface area contributed by atoms with Crippen LogP contribution in [-0.4, -0.2) is 35.1 Å². The summed E-state index contributed by atoms with van der Waals surface area (Å²) < 4.78 is 0. The van der Waals surface area contributed by atoms with Crippen molar-refractivity contribution in [2.75, 3.05) is 18.9 Å². The normalized spacial score (nSPS) is 6.70. The molecule has 0 aromatic rings. The first kappa shape index (κ1) is 16.8. The quantitative estimate of drug-likeness (QED) is 0.408. The highest BCUT2D eigenvalue weighted by atomic mass is 127. The zero-order chi connectivity index (χ0) is 7.70. The molecule has 0 rings (SSSR count). The van der Waals surface area contributed by atoms with E-state index in [0.717, 1.165) is 0 Å². The van der Waals surface area contributed by atoms with Gasteiger partial charge < -0.3 is 15.9 Å². The summed E-state index contributed by atoms with van der Waals surface area (Å²) in [6.07, 6.45) is 0. The number of carbonyl (C=O) groups is 1. The lowest BCUT2D eigenvalue weighted by Crippen LogP contribution is -2.02. The van der Waals surface area contributed by atoms with Crippen molar-refractivity contribution < 1.29 is 15.0 Å². The van der Waals surface area contributed by atoms with Gasteiger partial charge in [0.25, 0.3) is 0 Å². The number of halogens is 1. The van der Waals surface area contributed by atoms with E-state index in [-0.39, 0.29) is 36.3 Å². The summed E-state index contributed by atoms with van der Waals surface area (Å²) in [5.41, 5.74) is 4.78. The third-order valence-corrected chi connectivity index (χ3v) is 0.535. The van der Waals surface area contributed by atoms with Gasteiger partial charge in [0, 0.05) is 6.54 Å². The van der Waals surface area contributed by atoms with Gasteiger partial charge in [0.05, 0.1) is 12.4 Å². The minimum atomic E-state index is -0.881. The highest BCUT2D eigenvalue weighted by molar-refractivity contribution is 14.0. The van der Waals surface area contributed by atoms with E-state index >= 15 is 0 Å². The molecule has 0 aromatic carbocycles. The predicted molar refractivity (Wildman–Crippen MR) is 53.0 cm³/mol. The number of nitrogens with two attached hydrogens (primary N) is 1. The molecule has 0 aliphatic heterocycles. The van der Waals surface area contributed by atoms with E-state index in [2.05, 4.69) is 12.6 Å². The Morgan fingerprint density at radius 3 is 1.80 bits per heavy atom. The molecular weight excluding hydrogens is 269 g/mol. The summed E-state index contributed by atoms with van der Waals surface area (Å²) in [5.74, 6) is -0.965. The topological polar surface area (TPSA) is 83.5 Å². The molecule has 64 valence electrons. The van der Waals surface area contributed by atoms with Gasteiger partial charge in [-0.2, -0.15) is 12.6 Å². The minimum Gasteiger partial charge on any atom is -0.481 e. The van der Waals surface area contributed by atoms with Crippen LogP contribution in [0, 0.1) is 0 Å². The second-order valence-electron chi connectivity index (χ2n) is 1.06. The lowest BCUT2D eigenvalue weighted by atomic mass is 10.8. The molecule has 0 aromatic heterocycles. The zero-order valence-electron chi connectivity index (χ0n) is 5.36. The first-order chi connectivity index (χ1) is 4.18. The molecule has 0 amide bonds. The van der Waals surface area contributed by atoms with Crippen LogP contribution in [0.4, 0.5) is 0 Å². The van der Waals surface area contributed by atoms with Crippen molar-refractivity contribution >= 4 is 42.6 Å². The number of carboxylic acids is 1. The lowest BCUT2D eigenvalue weighted by molar-refractivity contribution is -0.133. The molecule has 0 aliphatic carbocycles. The van der Waals surface area contributed by atoms with Crippen molar-refractivity contribution in [2.24, 2.45) is 5.73 Å². The van der Waals surface area contributed by atoms with E-state index in [1.165, 1.54) is 0 Å². The summed E-state index contributed by atoms with van der Waals surface area (Å²) in [6, 6.07) is 0. The average Bonchev–Trinajstić information content (AvgIpc) is 1.89. The highest BCUT2D eigenvalue weighted by Gasteiger charge is 1.81. The van der Waals surface area contributed by atoms with E-state index in [9.17, 15) is 4.79 Å². The van der Waals surface area contributed by atoms with E-state index < -0.39 is 5.97 Å². The molecule has 0 radical (unpaired) electrons. The smallest absolute Gasteiger partial charge is 0.313 e. The summed E-state index contributed by atoms with van der Waals surface area (Å²) in [7, 11) is 0. The van der Waals surface area contributed by atoms with Gasteiger partial charge in [-0.25, -0.2) is 0 Å². The van der Waals surface area contributed by atoms with Crippen molar-refractivity contribution in [1.82, 2.24) is 0 Å². The summed E-state index contributed by atoms with van der Waals surface area (Å²) in [6.45, 7) is 0.472. The molecule has 0 fully saturated rings. The Bertz CT molecular complexity index is 71.5. The van der Waals surface area contributed by atoms with Gasteiger partial charge in [0.2, 0.25) is 0 Å². The monoisotopic (exact) mass is 281 g/mol. The molecule has 0 bridgehead atoms. The maximum Gasteiger partial charge on any atom is 0.313 e. The maximum atomic E-state index is 9.29. The third kappa shape index (κ3) is 39.3. The maximum absolute atomic E-state index is 9.29. The van der Waals surface area contributed by atoms with E-state index in [4.69, 9.17) is 15.9 Å². The predicted octanol–water partition coefficient (Wildman–Crippen LogP) is -0.444. The van der Waals surface area contributed by atoms with Crippen LogP contribution >= 0.6 is 36.6 Å². The Kier molecular flexibility index (Phi) is 27.3. The molecule has 0 atom stereocenters. The van der Waals surface area contributed by atoms with E-state index in [1.54, 1.807) is 0 Å². The van der Waals surface area contributed by atoms with E-state index in [0.29, 0.717) is 6.54 Å². The van der Waals surface area contributed by atoms with Crippen molar-refractivity contribution in [3.05, 3.63) is 0 Å². The fraction of sp³-hybridized carbons (Fsp3) is 0.750. The Morgan fingerprint density at radius 1 is 1.60 bits per heavy atom. The summed E-state index contributed by atoms with van der Waals surface area (Å²) >= 11 is 3.42. The fourth-order valence-corrected chi connectivity index (χ4v) is 0. The summed E-state index contributed by atoms with van der Waals surface area (Å²) in [4.78, 5) is 9.29. The van der Waals surface area contributed by atoms with Crippen LogP contribution < -0.4 is 5.73 Å². The molecule has 0 heterocycles. The van der Waals surface area contributed by atoms with Gasteiger partial charge in [0.15, 0.2) is 0 Å². The lowest BCUT2D eigenvalue weighted by Gasteiger charge is -1.71. The Labute approximate surface area is 82.2 Å². The van der Waals surface area contributed by atoms with Gasteiger partial charge in [-0.05, 0) is 0 Å². The minimum absolute atomic E-state index is 0. The molecule has 0 aliphatic rings. The second-order valence-corrected chi connectivity index (χ2v) is 1.38. The van der Waals surface area contributed by atoms with Gasteiger partial charge in [-0.15, -0.1) is 24.0 Å². The number of aliphatic carboxylic acids is 1. The fourth-order valence-electron chi connectivity index (χ4n) is 0. The highest BCUT2D eigenvalue weighted by Crippen LogP contribution is 1.66. The number of rotatable bonds is 2. The van der Waals surface area contributed by atoms with E-state index in [1.807, 2.05) is 0 Å². The molecule has 0 spiro atoms. The van der Waals surface area contributed by atoms with Crippen LogP contribution in [0.3, 0.4) is 0 Å². The van der Waals surface area contributed by atoms with Gasteiger partial charge >= 0.3 is 5.97 Å². The second kappa shape index (κ2) is 16.2. The molecule has 10 heavy (non-hydrogen) atoms. The van der Waals surface area contributed by atoms with Gasteiger partial charge in [-0.3, -0.25) is 4.79 Å². The van der Waals surface area contributed by atoms with Gasteiger partial charge in [0.1, 0.15) is 0 Å². The number of carboxylic acid groups (broad SMARTS) is 1. The number of aliphatic hydroxyl groups is 1. The number of aliphatic hydroxyl groups excluding tert-OH is 1. The first-order valence-electron chi connectivity index (χ1n) is 2.32. The third-order valence-electron chi connectivity index (χ3n) is 0.264. The Morgan fingerprint density at radius 2 is 1.80 bits per heavy atom.